The Kier molecular flexibility index (Phi) is 3.30. The van der Waals surface area contributed by atoms with E-state index in [9.17, 15) is 0 Å². The predicted octanol–water partition coefficient (Wildman–Crippen LogP) is 1.64. The first-order valence-corrected chi connectivity index (χ1v) is 6.39. The van der Waals surface area contributed by atoms with Crippen LogP contribution in [0.1, 0.15) is 5.56 Å². The molecular weight excluding hydrogens is 254 g/mol. The van der Waals surface area contributed by atoms with Gasteiger partial charge in [0.25, 0.3) is 5.89 Å². The Balaban J connectivity index is 1.98. The van der Waals surface area contributed by atoms with Gasteiger partial charge in [-0.2, -0.15) is 10.1 Å². The summed E-state index contributed by atoms with van der Waals surface area (Å²) in [7, 11) is 1.85. The summed E-state index contributed by atoms with van der Waals surface area (Å²) in [6.45, 7) is 0.584. The lowest BCUT2D eigenvalue weighted by atomic mass is 10.0. The van der Waals surface area contributed by atoms with E-state index < -0.39 is 0 Å². The molecule has 1 aromatic carbocycles. The second-order valence-electron chi connectivity index (χ2n) is 4.52. The molecule has 0 bridgehead atoms. The molecule has 0 saturated carbocycles. The van der Waals surface area contributed by atoms with Crippen LogP contribution in [0.5, 0.6) is 0 Å². The van der Waals surface area contributed by atoms with Crippen molar-refractivity contribution in [1.82, 2.24) is 19.9 Å². The van der Waals surface area contributed by atoms with Gasteiger partial charge in [-0.3, -0.25) is 4.68 Å². The number of aryl methyl sites for hydroxylation is 1. The summed E-state index contributed by atoms with van der Waals surface area (Å²) in [5.41, 5.74) is 8.50. The average molecular weight is 269 g/mol. The summed E-state index contributed by atoms with van der Waals surface area (Å²) in [6.07, 6.45) is 4.33. The van der Waals surface area contributed by atoms with Crippen LogP contribution in [0.3, 0.4) is 0 Å². The van der Waals surface area contributed by atoms with E-state index >= 15 is 0 Å². The molecule has 2 aromatic heterocycles. The van der Waals surface area contributed by atoms with Crippen molar-refractivity contribution in [2.45, 2.75) is 6.42 Å². The van der Waals surface area contributed by atoms with Crippen molar-refractivity contribution in [1.29, 1.82) is 0 Å². The molecule has 0 radical (unpaired) electrons. The number of nitrogens with two attached hydrogens (primary N) is 1. The second kappa shape index (κ2) is 5.26. The summed E-state index contributed by atoms with van der Waals surface area (Å²) < 4.78 is 7.06. The van der Waals surface area contributed by atoms with Gasteiger partial charge < -0.3 is 10.3 Å². The lowest BCUT2D eigenvalue weighted by molar-refractivity contribution is 0.432. The van der Waals surface area contributed by atoms with Gasteiger partial charge in [0.2, 0.25) is 5.82 Å². The van der Waals surface area contributed by atoms with Gasteiger partial charge in [0, 0.05) is 18.8 Å². The minimum atomic E-state index is 0.507. The molecule has 0 amide bonds. The highest BCUT2D eigenvalue weighted by atomic mass is 16.5. The van der Waals surface area contributed by atoms with Crippen molar-refractivity contribution >= 4 is 0 Å². The Bertz CT molecular complexity index is 716. The minimum Gasteiger partial charge on any atom is -0.334 e. The van der Waals surface area contributed by atoms with Crippen LogP contribution in [0, 0.1) is 0 Å². The molecule has 6 nitrogen and oxygen atoms in total. The molecule has 2 N–H and O–H groups in total. The van der Waals surface area contributed by atoms with E-state index in [1.807, 2.05) is 37.5 Å². The van der Waals surface area contributed by atoms with Gasteiger partial charge in [-0.15, -0.1) is 0 Å². The number of aromatic nitrogens is 4. The normalized spacial score (nSPS) is 10.9. The summed E-state index contributed by atoms with van der Waals surface area (Å²) in [4.78, 5) is 4.44. The first-order chi connectivity index (χ1) is 9.78. The van der Waals surface area contributed by atoms with Crippen LogP contribution >= 0.6 is 0 Å². The molecule has 0 aliphatic carbocycles. The Morgan fingerprint density at radius 1 is 1.30 bits per heavy atom. The van der Waals surface area contributed by atoms with E-state index in [2.05, 4.69) is 15.2 Å². The molecule has 20 heavy (non-hydrogen) atoms. The SMILES string of the molecule is Cn1cc(-c2noc(-c3ccccc3CCN)n2)cn1. The zero-order valence-electron chi connectivity index (χ0n) is 11.2. The van der Waals surface area contributed by atoms with Gasteiger partial charge in [-0.05, 0) is 24.6 Å². The molecule has 3 rings (SSSR count). The average Bonchev–Trinajstić information content (AvgIpc) is 3.08. The summed E-state index contributed by atoms with van der Waals surface area (Å²) >= 11 is 0. The predicted molar refractivity (Wildman–Crippen MR) is 74.7 cm³/mol. The van der Waals surface area contributed by atoms with Crippen LogP contribution < -0.4 is 5.73 Å². The van der Waals surface area contributed by atoms with E-state index in [0.717, 1.165) is 23.1 Å². The van der Waals surface area contributed by atoms with Crippen molar-refractivity contribution in [3.05, 3.63) is 42.2 Å². The molecular formula is C14H15N5O. The van der Waals surface area contributed by atoms with Crippen LogP contribution in [0.2, 0.25) is 0 Å². The van der Waals surface area contributed by atoms with Crippen molar-refractivity contribution in [3.63, 3.8) is 0 Å². The van der Waals surface area contributed by atoms with Crippen molar-refractivity contribution < 1.29 is 4.52 Å². The monoisotopic (exact) mass is 269 g/mol. The topological polar surface area (TPSA) is 82.8 Å². The number of nitrogens with zero attached hydrogens (tertiary/aromatic N) is 4. The summed E-state index contributed by atoms with van der Waals surface area (Å²) in [6, 6.07) is 7.91. The van der Waals surface area contributed by atoms with Gasteiger partial charge in [0.05, 0.1) is 11.8 Å². The summed E-state index contributed by atoms with van der Waals surface area (Å²) in [5.74, 6) is 1.04. The summed E-state index contributed by atoms with van der Waals surface area (Å²) in [5, 5.41) is 8.11. The number of hydrogen-bond donors (Lipinski definition) is 1. The molecule has 0 atom stereocenters. The molecule has 0 saturated heterocycles. The van der Waals surface area contributed by atoms with Gasteiger partial charge in [-0.25, -0.2) is 0 Å². The molecule has 6 heteroatoms. The number of benzene rings is 1. The Labute approximate surface area is 116 Å². The van der Waals surface area contributed by atoms with E-state index in [1.165, 1.54) is 0 Å². The minimum absolute atomic E-state index is 0.507. The quantitative estimate of drug-likeness (QED) is 0.778. The third-order valence-electron chi connectivity index (χ3n) is 3.05. The standard InChI is InChI=1S/C14H15N5O/c1-19-9-11(8-16-19)13-17-14(20-18-13)12-5-3-2-4-10(12)6-7-15/h2-5,8-9H,6-7,15H2,1H3. The van der Waals surface area contributed by atoms with Gasteiger partial charge >= 0.3 is 0 Å². The first-order valence-electron chi connectivity index (χ1n) is 6.39. The van der Waals surface area contributed by atoms with Crippen LogP contribution in [0.4, 0.5) is 0 Å². The molecule has 0 aliphatic heterocycles. The number of rotatable bonds is 4. The van der Waals surface area contributed by atoms with E-state index in [4.69, 9.17) is 10.3 Å². The van der Waals surface area contributed by atoms with Crippen LogP contribution in [0.25, 0.3) is 22.8 Å². The van der Waals surface area contributed by atoms with Gasteiger partial charge in [-0.1, -0.05) is 23.4 Å². The highest BCUT2D eigenvalue weighted by Crippen LogP contribution is 2.25. The van der Waals surface area contributed by atoms with E-state index in [0.29, 0.717) is 18.3 Å². The first kappa shape index (κ1) is 12.6. The van der Waals surface area contributed by atoms with Crippen molar-refractivity contribution in [2.24, 2.45) is 12.8 Å². The molecule has 3 aromatic rings. The molecule has 0 spiro atoms. The second-order valence-corrected chi connectivity index (χ2v) is 4.52. The maximum absolute atomic E-state index is 5.63. The molecule has 0 fully saturated rings. The third-order valence-corrected chi connectivity index (χ3v) is 3.05. The highest BCUT2D eigenvalue weighted by Gasteiger charge is 2.14. The highest BCUT2D eigenvalue weighted by molar-refractivity contribution is 5.61. The Morgan fingerprint density at radius 3 is 2.90 bits per heavy atom. The van der Waals surface area contributed by atoms with Crippen LogP contribution in [-0.4, -0.2) is 26.5 Å². The molecule has 102 valence electrons. The Morgan fingerprint density at radius 2 is 2.15 bits per heavy atom. The smallest absolute Gasteiger partial charge is 0.258 e. The zero-order chi connectivity index (χ0) is 13.9. The third kappa shape index (κ3) is 2.33. The van der Waals surface area contributed by atoms with Gasteiger partial charge in [0.1, 0.15) is 0 Å². The lowest BCUT2D eigenvalue weighted by Crippen LogP contribution is -2.03. The maximum atomic E-state index is 5.63. The van der Waals surface area contributed by atoms with Gasteiger partial charge in [0.15, 0.2) is 0 Å². The molecule has 0 aliphatic rings. The molecule has 2 heterocycles. The fraction of sp³-hybridized carbons (Fsp3) is 0.214. The van der Waals surface area contributed by atoms with Crippen molar-refractivity contribution in [2.75, 3.05) is 6.54 Å². The van der Waals surface area contributed by atoms with E-state index in [-0.39, 0.29) is 0 Å². The maximum Gasteiger partial charge on any atom is 0.258 e. The van der Waals surface area contributed by atoms with E-state index in [1.54, 1.807) is 10.9 Å². The fourth-order valence-corrected chi connectivity index (χ4v) is 2.09. The van der Waals surface area contributed by atoms with Crippen LogP contribution in [-0.2, 0) is 13.5 Å². The number of hydrogen-bond acceptors (Lipinski definition) is 5. The molecule has 0 unspecified atom stereocenters. The largest absolute Gasteiger partial charge is 0.334 e. The van der Waals surface area contributed by atoms with Crippen molar-refractivity contribution in [3.8, 4) is 22.8 Å². The van der Waals surface area contributed by atoms with Crippen LogP contribution in [0.15, 0.2) is 41.2 Å². The lowest BCUT2D eigenvalue weighted by Gasteiger charge is -2.03. The Hall–Kier alpha value is -2.47. The zero-order valence-corrected chi connectivity index (χ0v) is 11.2. The fourth-order valence-electron chi connectivity index (χ4n) is 2.09.